The van der Waals surface area contributed by atoms with Crippen molar-refractivity contribution in [3.63, 3.8) is 0 Å². The highest BCUT2D eigenvalue weighted by Gasteiger charge is 2.19. The zero-order valence-corrected chi connectivity index (χ0v) is 16.3. The van der Waals surface area contributed by atoms with Crippen LogP contribution in [-0.2, 0) is 16.6 Å². The summed E-state index contributed by atoms with van der Waals surface area (Å²) in [4.78, 5) is 20.2. The summed E-state index contributed by atoms with van der Waals surface area (Å²) in [5.41, 5.74) is 0.597. The third kappa shape index (κ3) is 4.89. The average molecular weight is 438 g/mol. The van der Waals surface area contributed by atoms with Gasteiger partial charge in [-0.3, -0.25) is 9.78 Å². The summed E-state index contributed by atoms with van der Waals surface area (Å²) in [6, 6.07) is 5.84. The van der Waals surface area contributed by atoms with Gasteiger partial charge in [-0.2, -0.15) is 8.78 Å². The van der Waals surface area contributed by atoms with Crippen LogP contribution in [0.1, 0.15) is 16.1 Å². The van der Waals surface area contributed by atoms with Crippen molar-refractivity contribution in [2.75, 3.05) is 7.11 Å². The lowest BCUT2D eigenvalue weighted by molar-refractivity contribution is -0.0498. The molecule has 1 amide bonds. The van der Waals surface area contributed by atoms with Gasteiger partial charge >= 0.3 is 6.61 Å². The van der Waals surface area contributed by atoms with Gasteiger partial charge in [0, 0.05) is 12.4 Å². The number of ether oxygens (including phenoxy) is 2. The summed E-state index contributed by atoms with van der Waals surface area (Å²) in [5.74, 6) is -0.346. The maximum atomic E-state index is 12.7. The zero-order chi connectivity index (χ0) is 21.7. The van der Waals surface area contributed by atoms with E-state index >= 15 is 0 Å². The Hall–Kier alpha value is -3.54. The third-order valence-electron chi connectivity index (χ3n) is 3.87. The molecule has 2 aromatic heterocycles. The number of rotatable bonds is 8. The molecule has 2 heterocycles. The molecule has 1 aromatic carbocycles. The Morgan fingerprint density at radius 1 is 1.17 bits per heavy atom. The average Bonchev–Trinajstić information content (AvgIpc) is 3.24. The summed E-state index contributed by atoms with van der Waals surface area (Å²) in [6.07, 6.45) is 5.20. The van der Waals surface area contributed by atoms with E-state index in [1.54, 1.807) is 0 Å². The Bertz CT molecular complexity index is 1120. The van der Waals surface area contributed by atoms with E-state index in [-0.39, 0.29) is 22.8 Å². The Morgan fingerprint density at radius 3 is 2.50 bits per heavy atom. The molecular weight excluding hydrogens is 422 g/mol. The maximum Gasteiger partial charge on any atom is 0.387 e. The fraction of sp³-hybridized carbons (Fsp3) is 0.167. The lowest BCUT2D eigenvalue weighted by Gasteiger charge is -2.08. The Balaban J connectivity index is 1.68. The number of aromatic nitrogens is 3. The molecule has 12 heteroatoms. The highest BCUT2D eigenvalue weighted by Crippen LogP contribution is 2.20. The van der Waals surface area contributed by atoms with Gasteiger partial charge in [0.15, 0.2) is 0 Å². The SMILES string of the molecule is COc1cnc(CNC(=O)c2ccn(S(=O)(=O)c3ccc(OC(F)F)cc3)c2)cn1. The second-order valence-electron chi connectivity index (χ2n) is 5.82. The van der Waals surface area contributed by atoms with E-state index in [2.05, 4.69) is 20.0 Å². The third-order valence-corrected chi connectivity index (χ3v) is 5.52. The fourth-order valence-corrected chi connectivity index (χ4v) is 3.58. The molecule has 0 aliphatic heterocycles. The molecule has 0 aliphatic rings. The monoisotopic (exact) mass is 438 g/mol. The molecule has 158 valence electrons. The van der Waals surface area contributed by atoms with Gasteiger partial charge in [-0.25, -0.2) is 17.4 Å². The minimum absolute atomic E-state index is 0.0827. The van der Waals surface area contributed by atoms with Crippen molar-refractivity contribution >= 4 is 15.9 Å². The zero-order valence-electron chi connectivity index (χ0n) is 15.5. The van der Waals surface area contributed by atoms with Crippen LogP contribution in [0.4, 0.5) is 8.78 Å². The normalized spacial score (nSPS) is 11.3. The quantitative estimate of drug-likeness (QED) is 0.573. The molecule has 0 saturated heterocycles. The van der Waals surface area contributed by atoms with Gasteiger partial charge in [0.05, 0.1) is 42.2 Å². The number of nitrogens with zero attached hydrogens (tertiary/aromatic N) is 3. The topological polar surface area (TPSA) is 112 Å². The van der Waals surface area contributed by atoms with Crippen LogP contribution < -0.4 is 14.8 Å². The fourth-order valence-electron chi connectivity index (χ4n) is 2.39. The highest BCUT2D eigenvalue weighted by molar-refractivity contribution is 7.90. The minimum Gasteiger partial charge on any atom is -0.480 e. The second-order valence-corrected chi connectivity index (χ2v) is 7.66. The van der Waals surface area contributed by atoms with E-state index in [1.807, 2.05) is 0 Å². The van der Waals surface area contributed by atoms with E-state index in [0.717, 1.165) is 34.4 Å². The molecule has 9 nitrogen and oxygen atoms in total. The molecule has 0 spiro atoms. The van der Waals surface area contributed by atoms with E-state index < -0.39 is 22.5 Å². The van der Waals surface area contributed by atoms with Crippen LogP contribution in [0, 0.1) is 0 Å². The summed E-state index contributed by atoms with van der Waals surface area (Å²) < 4.78 is 59.7. The molecule has 1 N–H and O–H groups in total. The predicted octanol–water partition coefficient (Wildman–Crippen LogP) is 2.06. The number of carbonyl (C=O) groups is 1. The highest BCUT2D eigenvalue weighted by atomic mass is 32.2. The van der Waals surface area contributed by atoms with Crippen LogP contribution in [0.25, 0.3) is 0 Å². The largest absolute Gasteiger partial charge is 0.480 e. The first-order valence-corrected chi connectivity index (χ1v) is 9.85. The smallest absolute Gasteiger partial charge is 0.387 e. The van der Waals surface area contributed by atoms with Crippen molar-refractivity contribution in [2.24, 2.45) is 0 Å². The number of nitrogens with one attached hydrogen (secondary N) is 1. The van der Waals surface area contributed by atoms with E-state index in [4.69, 9.17) is 4.74 Å². The number of carbonyl (C=O) groups excluding carboxylic acids is 1. The Kier molecular flexibility index (Phi) is 6.26. The van der Waals surface area contributed by atoms with Crippen LogP contribution in [0.5, 0.6) is 11.6 Å². The molecule has 0 saturated carbocycles. The van der Waals surface area contributed by atoms with E-state index in [0.29, 0.717) is 11.6 Å². The van der Waals surface area contributed by atoms with Crippen LogP contribution in [0.2, 0.25) is 0 Å². The molecule has 0 fully saturated rings. The van der Waals surface area contributed by atoms with Gasteiger partial charge in [-0.1, -0.05) is 0 Å². The van der Waals surface area contributed by atoms with Crippen molar-refractivity contribution in [1.82, 2.24) is 19.3 Å². The Labute approximate surface area is 170 Å². The number of amides is 1. The predicted molar refractivity (Wildman–Crippen MR) is 99.8 cm³/mol. The van der Waals surface area contributed by atoms with Crippen LogP contribution in [0.3, 0.4) is 0 Å². The molecule has 0 atom stereocenters. The summed E-state index contributed by atoms with van der Waals surface area (Å²) in [6.45, 7) is -2.93. The molecule has 0 bridgehead atoms. The van der Waals surface area contributed by atoms with E-state index in [9.17, 15) is 22.0 Å². The van der Waals surface area contributed by atoms with Gasteiger partial charge in [0.2, 0.25) is 5.88 Å². The van der Waals surface area contributed by atoms with Crippen molar-refractivity contribution in [3.05, 3.63) is 66.4 Å². The molecule has 0 radical (unpaired) electrons. The maximum absolute atomic E-state index is 12.7. The first kappa shape index (κ1) is 21.2. The number of methoxy groups -OCH3 is 1. The second kappa shape index (κ2) is 8.86. The number of alkyl halides is 2. The lowest BCUT2D eigenvalue weighted by atomic mass is 10.3. The Morgan fingerprint density at radius 2 is 1.90 bits per heavy atom. The van der Waals surface area contributed by atoms with Crippen molar-refractivity contribution in [2.45, 2.75) is 18.1 Å². The van der Waals surface area contributed by atoms with E-state index in [1.165, 1.54) is 31.8 Å². The van der Waals surface area contributed by atoms with Crippen LogP contribution in [0.15, 0.2) is 60.0 Å². The lowest BCUT2D eigenvalue weighted by Crippen LogP contribution is -2.23. The summed E-state index contributed by atoms with van der Waals surface area (Å²) >= 11 is 0. The molecule has 0 unspecified atom stereocenters. The van der Waals surface area contributed by atoms with Gasteiger partial charge in [0.25, 0.3) is 15.9 Å². The minimum atomic E-state index is -4.01. The molecular formula is C18H16F2N4O5S. The van der Waals surface area contributed by atoms with Crippen molar-refractivity contribution < 1.29 is 31.5 Å². The van der Waals surface area contributed by atoms with Gasteiger partial charge in [0.1, 0.15) is 5.75 Å². The summed E-state index contributed by atoms with van der Waals surface area (Å²) in [5, 5.41) is 2.60. The number of hydrogen-bond donors (Lipinski definition) is 1. The van der Waals surface area contributed by atoms with Gasteiger partial charge < -0.3 is 14.8 Å². The van der Waals surface area contributed by atoms with Crippen molar-refractivity contribution in [1.29, 1.82) is 0 Å². The number of benzene rings is 1. The molecule has 3 rings (SSSR count). The molecule has 3 aromatic rings. The summed E-state index contributed by atoms with van der Waals surface area (Å²) in [7, 11) is -2.56. The molecule has 30 heavy (non-hydrogen) atoms. The standard InChI is InChI=1S/C18H16F2N4O5S/c1-28-16-10-21-13(8-22-16)9-23-17(25)12-6-7-24(11-12)30(26,27)15-4-2-14(3-5-15)29-18(19)20/h2-8,10-11,18H,9H2,1H3,(H,23,25). The van der Waals surface area contributed by atoms with Gasteiger partial charge in [-0.05, 0) is 30.3 Å². The van der Waals surface area contributed by atoms with Crippen LogP contribution >= 0.6 is 0 Å². The first-order valence-electron chi connectivity index (χ1n) is 8.41. The number of halogens is 2. The van der Waals surface area contributed by atoms with Gasteiger partial charge in [-0.15, -0.1) is 0 Å². The van der Waals surface area contributed by atoms with Crippen molar-refractivity contribution in [3.8, 4) is 11.6 Å². The molecule has 0 aliphatic carbocycles. The first-order chi connectivity index (χ1) is 14.3. The van der Waals surface area contributed by atoms with Crippen LogP contribution in [-0.4, -0.2) is 42.0 Å². The number of hydrogen-bond acceptors (Lipinski definition) is 7.